The Balaban J connectivity index is 1.50. The maximum atomic E-state index is 12.8. The number of para-hydroxylation sites is 1. The van der Waals surface area contributed by atoms with E-state index < -0.39 is 0 Å². The number of rotatable bonds is 2. The molecule has 1 amide bonds. The number of likely N-dealkylation sites (N-methyl/N-ethyl adjacent to an activating group) is 1. The lowest BCUT2D eigenvalue weighted by Crippen LogP contribution is -3.08. The molecule has 3 aromatic heterocycles. The van der Waals surface area contributed by atoms with Crippen molar-refractivity contribution in [1.29, 1.82) is 0 Å². The molecule has 0 spiro atoms. The first kappa shape index (κ1) is 16.6. The number of anilines is 2. The summed E-state index contributed by atoms with van der Waals surface area (Å²) in [6.07, 6.45) is 0.960. The monoisotopic (exact) mass is 396 g/mol. The van der Waals surface area contributed by atoms with Gasteiger partial charge in [-0.1, -0.05) is 23.5 Å². The van der Waals surface area contributed by atoms with Crippen molar-refractivity contribution in [3.8, 4) is 0 Å². The van der Waals surface area contributed by atoms with Crippen molar-refractivity contribution in [2.45, 2.75) is 13.0 Å². The normalized spacial score (nSPS) is 16.6. The first-order valence-electron chi connectivity index (χ1n) is 8.77. The number of carbonyl (C=O) groups excluding carboxylic acids is 1. The Hall–Kier alpha value is -2.55. The first-order chi connectivity index (χ1) is 13.1. The number of hydrogen-bond donors (Lipinski definition) is 3. The zero-order valence-electron chi connectivity index (χ0n) is 14.7. The average molecular weight is 397 g/mol. The molecule has 8 heteroatoms. The van der Waals surface area contributed by atoms with Crippen LogP contribution in [-0.2, 0) is 13.0 Å². The Morgan fingerprint density at radius 1 is 1.26 bits per heavy atom. The van der Waals surface area contributed by atoms with E-state index >= 15 is 0 Å². The Labute approximate surface area is 163 Å². The second-order valence-electron chi connectivity index (χ2n) is 6.87. The zero-order valence-corrected chi connectivity index (χ0v) is 16.3. The van der Waals surface area contributed by atoms with Crippen LogP contribution < -0.4 is 16.0 Å². The second-order valence-corrected chi connectivity index (χ2v) is 8.90. The van der Waals surface area contributed by atoms with Gasteiger partial charge in [-0.3, -0.25) is 10.1 Å². The fourth-order valence-electron chi connectivity index (χ4n) is 3.48. The van der Waals surface area contributed by atoms with Gasteiger partial charge in [0.25, 0.3) is 5.91 Å². The third-order valence-electron chi connectivity index (χ3n) is 4.89. The highest BCUT2D eigenvalue weighted by molar-refractivity contribution is 7.23. The minimum absolute atomic E-state index is 0.227. The molecular formula is C19H18N5OS2+. The van der Waals surface area contributed by atoms with Crippen molar-refractivity contribution in [3.05, 3.63) is 46.5 Å². The van der Waals surface area contributed by atoms with Gasteiger partial charge in [0.1, 0.15) is 16.3 Å². The van der Waals surface area contributed by atoms with E-state index in [4.69, 9.17) is 10.7 Å². The van der Waals surface area contributed by atoms with Crippen LogP contribution >= 0.6 is 22.7 Å². The molecule has 0 saturated heterocycles. The van der Waals surface area contributed by atoms with Crippen LogP contribution in [0.15, 0.2) is 30.3 Å². The van der Waals surface area contributed by atoms with Gasteiger partial charge in [-0.2, -0.15) is 0 Å². The number of amides is 1. The van der Waals surface area contributed by atoms with Crippen molar-refractivity contribution >= 4 is 59.8 Å². The maximum Gasteiger partial charge on any atom is 0.269 e. The quantitative estimate of drug-likeness (QED) is 0.485. The number of carbonyl (C=O) groups is 1. The molecule has 1 aliphatic rings. The molecule has 136 valence electrons. The van der Waals surface area contributed by atoms with Gasteiger partial charge in [0.15, 0.2) is 5.13 Å². The predicted octanol–water partition coefficient (Wildman–Crippen LogP) is 2.31. The summed E-state index contributed by atoms with van der Waals surface area (Å²) >= 11 is 2.81. The second kappa shape index (κ2) is 6.26. The van der Waals surface area contributed by atoms with E-state index in [2.05, 4.69) is 23.4 Å². The number of benzene rings is 1. The highest BCUT2D eigenvalue weighted by atomic mass is 32.1. The van der Waals surface area contributed by atoms with Crippen LogP contribution in [0, 0.1) is 0 Å². The fourth-order valence-corrected chi connectivity index (χ4v) is 5.33. The summed E-state index contributed by atoms with van der Waals surface area (Å²) in [4.78, 5) is 24.9. The molecule has 1 aromatic carbocycles. The number of pyridine rings is 1. The summed E-state index contributed by atoms with van der Waals surface area (Å²) in [6.45, 7) is 2.03. The maximum absolute atomic E-state index is 12.8. The van der Waals surface area contributed by atoms with E-state index in [1.807, 2.05) is 24.3 Å². The Morgan fingerprint density at radius 2 is 2.11 bits per heavy atom. The molecular weight excluding hydrogens is 378 g/mol. The number of quaternary nitrogens is 1. The molecule has 27 heavy (non-hydrogen) atoms. The summed E-state index contributed by atoms with van der Waals surface area (Å²) in [5.74, 6) is -0.227. The number of nitrogen functional groups attached to an aromatic ring is 1. The van der Waals surface area contributed by atoms with Gasteiger partial charge < -0.3 is 10.6 Å². The molecule has 1 unspecified atom stereocenters. The lowest BCUT2D eigenvalue weighted by Gasteiger charge is -2.21. The molecule has 0 radical (unpaired) electrons. The molecule has 6 nitrogen and oxygen atoms in total. The summed E-state index contributed by atoms with van der Waals surface area (Å²) in [5.41, 5.74) is 10.1. The van der Waals surface area contributed by atoms with Crippen molar-refractivity contribution < 1.29 is 9.69 Å². The molecule has 0 saturated carbocycles. The lowest BCUT2D eigenvalue weighted by atomic mass is 10.0. The number of nitrogens with zero attached hydrogens (tertiary/aromatic N) is 2. The summed E-state index contributed by atoms with van der Waals surface area (Å²) in [6, 6.07) is 9.93. The number of thiophene rings is 1. The summed E-state index contributed by atoms with van der Waals surface area (Å²) < 4.78 is 1.04. The largest absolute Gasteiger partial charge is 0.397 e. The topological polar surface area (TPSA) is 85.3 Å². The Bertz CT molecular complexity index is 1160. The van der Waals surface area contributed by atoms with Gasteiger partial charge in [0, 0.05) is 17.4 Å². The van der Waals surface area contributed by atoms with Crippen molar-refractivity contribution in [2.24, 2.45) is 0 Å². The molecule has 1 aliphatic heterocycles. The van der Waals surface area contributed by atoms with E-state index in [0.29, 0.717) is 15.7 Å². The summed E-state index contributed by atoms with van der Waals surface area (Å²) in [7, 11) is 2.18. The van der Waals surface area contributed by atoms with Crippen molar-refractivity contribution in [3.63, 3.8) is 0 Å². The van der Waals surface area contributed by atoms with Crippen LogP contribution in [0.5, 0.6) is 0 Å². The molecule has 0 aliphatic carbocycles. The minimum Gasteiger partial charge on any atom is -0.397 e. The SMILES string of the molecule is C[NH+]1CCc2nc3sc(C(=O)Nc4nc5ccccc5s4)c(N)c3cc2C1. The number of thiazole rings is 1. The van der Waals surface area contributed by atoms with Crippen LogP contribution in [0.4, 0.5) is 10.8 Å². The van der Waals surface area contributed by atoms with Crippen LogP contribution in [0.1, 0.15) is 20.9 Å². The van der Waals surface area contributed by atoms with Gasteiger partial charge >= 0.3 is 0 Å². The van der Waals surface area contributed by atoms with Crippen molar-refractivity contribution in [1.82, 2.24) is 9.97 Å². The van der Waals surface area contributed by atoms with Gasteiger partial charge in [0.05, 0.1) is 35.2 Å². The summed E-state index contributed by atoms with van der Waals surface area (Å²) in [5, 5.41) is 4.35. The molecule has 0 bridgehead atoms. The lowest BCUT2D eigenvalue weighted by molar-refractivity contribution is -0.895. The smallest absolute Gasteiger partial charge is 0.269 e. The van der Waals surface area contributed by atoms with Crippen LogP contribution in [0.3, 0.4) is 0 Å². The average Bonchev–Trinajstić information content (AvgIpc) is 3.20. The van der Waals surface area contributed by atoms with E-state index in [9.17, 15) is 4.79 Å². The van der Waals surface area contributed by atoms with E-state index in [0.717, 1.165) is 45.6 Å². The number of aromatic nitrogens is 2. The number of nitrogens with one attached hydrogen (secondary N) is 2. The zero-order chi connectivity index (χ0) is 18.5. The highest BCUT2D eigenvalue weighted by Crippen LogP contribution is 2.35. The number of nitrogens with two attached hydrogens (primary N) is 1. The highest BCUT2D eigenvalue weighted by Gasteiger charge is 2.23. The molecule has 5 rings (SSSR count). The minimum atomic E-state index is -0.227. The van der Waals surface area contributed by atoms with Gasteiger partial charge in [-0.25, -0.2) is 9.97 Å². The third kappa shape index (κ3) is 2.86. The molecule has 4 aromatic rings. The van der Waals surface area contributed by atoms with Gasteiger partial charge in [0.2, 0.25) is 0 Å². The Morgan fingerprint density at radius 3 is 2.96 bits per heavy atom. The standard InChI is InChI=1S/C19H17N5OS2/c1-24-7-6-12-10(9-24)8-11-15(20)16(27-18(11)21-12)17(25)23-19-22-13-4-2-3-5-14(13)26-19/h2-5,8H,6-7,9,20H2,1H3,(H,22,23,25)/p+1. The molecule has 1 atom stereocenters. The predicted molar refractivity (Wildman–Crippen MR) is 111 cm³/mol. The third-order valence-corrected chi connectivity index (χ3v) is 6.96. The van der Waals surface area contributed by atoms with E-state index in [1.54, 1.807) is 0 Å². The van der Waals surface area contributed by atoms with Crippen LogP contribution in [-0.4, -0.2) is 29.5 Å². The van der Waals surface area contributed by atoms with E-state index in [1.165, 1.54) is 33.1 Å². The molecule has 4 N–H and O–H groups in total. The van der Waals surface area contributed by atoms with Crippen LogP contribution in [0.2, 0.25) is 0 Å². The molecule has 4 heterocycles. The van der Waals surface area contributed by atoms with Gasteiger partial charge in [-0.15, -0.1) is 11.3 Å². The fraction of sp³-hybridized carbons (Fsp3) is 0.211. The number of fused-ring (bicyclic) bond motifs is 3. The number of hydrogen-bond acceptors (Lipinski definition) is 6. The van der Waals surface area contributed by atoms with Crippen molar-refractivity contribution in [2.75, 3.05) is 24.6 Å². The van der Waals surface area contributed by atoms with Crippen LogP contribution in [0.25, 0.3) is 20.4 Å². The van der Waals surface area contributed by atoms with E-state index in [-0.39, 0.29) is 5.91 Å². The van der Waals surface area contributed by atoms with Gasteiger partial charge in [-0.05, 0) is 18.2 Å². The molecule has 0 fully saturated rings. The first-order valence-corrected chi connectivity index (χ1v) is 10.4. The Kier molecular flexibility index (Phi) is 3.85.